The van der Waals surface area contributed by atoms with Crippen LogP contribution in [0.5, 0.6) is 0 Å². The minimum absolute atomic E-state index is 0.121. The van der Waals surface area contributed by atoms with Gasteiger partial charge in [0.2, 0.25) is 0 Å². The second-order valence-corrected chi connectivity index (χ2v) is 5.34. The maximum Gasteiger partial charge on any atom is 0.259 e. The van der Waals surface area contributed by atoms with Crippen LogP contribution in [-0.4, -0.2) is 25.2 Å². The lowest BCUT2D eigenvalue weighted by atomic mass is 10.0. The topological polar surface area (TPSA) is 57.8 Å². The number of nitrogens with zero attached hydrogens (tertiary/aromatic N) is 2. The molecule has 0 saturated carbocycles. The van der Waals surface area contributed by atoms with Gasteiger partial charge in [0.15, 0.2) is 0 Å². The van der Waals surface area contributed by atoms with Gasteiger partial charge in [-0.25, -0.2) is 5.43 Å². The van der Waals surface area contributed by atoms with Crippen LogP contribution >= 0.6 is 0 Å². The van der Waals surface area contributed by atoms with E-state index in [1.165, 1.54) is 11.8 Å². The zero-order chi connectivity index (χ0) is 15.9. The summed E-state index contributed by atoms with van der Waals surface area (Å²) in [4.78, 5) is 14.1. The summed E-state index contributed by atoms with van der Waals surface area (Å²) in [5.74, 6) is 0.622. The molecule has 1 aliphatic heterocycles. The second kappa shape index (κ2) is 7.45. The van der Waals surface area contributed by atoms with Crippen LogP contribution in [0.4, 0.5) is 5.69 Å². The molecular weight excluding hydrogens is 290 g/mol. The van der Waals surface area contributed by atoms with E-state index >= 15 is 0 Å². The molecule has 3 rings (SSSR count). The normalized spacial score (nSPS) is 14.3. The number of hydrogen-bond donors (Lipinski definition) is 1. The van der Waals surface area contributed by atoms with Crippen molar-refractivity contribution in [2.45, 2.75) is 12.8 Å². The average Bonchev–Trinajstić information content (AvgIpc) is 3.08. The first-order valence-corrected chi connectivity index (χ1v) is 7.68. The predicted octanol–water partition coefficient (Wildman–Crippen LogP) is 2.85. The molecule has 5 nitrogen and oxygen atoms in total. The van der Waals surface area contributed by atoms with Crippen LogP contribution in [-0.2, 0) is 11.2 Å². The molecule has 5 heteroatoms. The largest absolute Gasteiger partial charge is 0.465 e. The SMILES string of the molecule is O=C(CN1CCCc2ccccc21)NN=C/C=C/c1ccco1. The zero-order valence-corrected chi connectivity index (χ0v) is 12.8. The number of carbonyl (C=O) groups is 1. The quantitative estimate of drug-likeness (QED) is 0.682. The molecule has 0 fully saturated rings. The number of furan rings is 1. The van der Waals surface area contributed by atoms with Crippen LogP contribution in [0.1, 0.15) is 17.7 Å². The first-order valence-electron chi connectivity index (χ1n) is 7.68. The predicted molar refractivity (Wildman–Crippen MR) is 91.4 cm³/mol. The van der Waals surface area contributed by atoms with Crippen molar-refractivity contribution in [1.82, 2.24) is 5.43 Å². The molecule has 1 aromatic heterocycles. The fraction of sp³-hybridized carbons (Fsp3) is 0.222. The standard InChI is InChI=1S/C18H19N3O2/c22-18(20-19-11-3-8-16-9-5-13-23-16)14-21-12-4-7-15-6-1-2-10-17(15)21/h1-3,5-6,8-11,13H,4,7,12,14H2,(H,20,22)/b8-3+,19-11?. The Kier molecular flexibility index (Phi) is 4.88. The molecule has 0 bridgehead atoms. The Morgan fingerprint density at radius 2 is 2.22 bits per heavy atom. The highest BCUT2D eigenvalue weighted by Crippen LogP contribution is 2.26. The van der Waals surface area contributed by atoms with Gasteiger partial charge in [0.25, 0.3) is 5.91 Å². The number of fused-ring (bicyclic) bond motifs is 1. The Labute approximate surface area is 135 Å². The van der Waals surface area contributed by atoms with Crippen molar-refractivity contribution in [3.8, 4) is 0 Å². The van der Waals surface area contributed by atoms with E-state index in [9.17, 15) is 4.79 Å². The highest BCUT2D eigenvalue weighted by atomic mass is 16.3. The molecule has 0 radical (unpaired) electrons. The first kappa shape index (κ1) is 15.1. The molecule has 0 unspecified atom stereocenters. The highest BCUT2D eigenvalue weighted by Gasteiger charge is 2.18. The lowest BCUT2D eigenvalue weighted by Crippen LogP contribution is -2.38. The fourth-order valence-electron chi connectivity index (χ4n) is 2.66. The van der Waals surface area contributed by atoms with Crippen molar-refractivity contribution < 1.29 is 9.21 Å². The van der Waals surface area contributed by atoms with Crippen LogP contribution in [0, 0.1) is 0 Å². The minimum atomic E-state index is -0.121. The number of carbonyl (C=O) groups excluding carboxylic acids is 1. The average molecular weight is 309 g/mol. The maximum atomic E-state index is 12.0. The molecule has 2 heterocycles. The number of hydrogen-bond acceptors (Lipinski definition) is 4. The number of rotatable bonds is 5. The van der Waals surface area contributed by atoms with Crippen molar-refractivity contribution in [2.24, 2.45) is 5.10 Å². The van der Waals surface area contributed by atoms with Crippen LogP contribution in [0.3, 0.4) is 0 Å². The first-order chi connectivity index (χ1) is 11.3. The summed E-state index contributed by atoms with van der Waals surface area (Å²) in [6, 6.07) is 11.9. The summed E-state index contributed by atoms with van der Waals surface area (Å²) in [6.07, 6.45) is 8.77. The molecule has 0 atom stereocenters. The number of aryl methyl sites for hydroxylation is 1. The molecule has 1 aromatic carbocycles. The Bertz CT molecular complexity index is 705. The highest BCUT2D eigenvalue weighted by molar-refractivity contribution is 5.84. The van der Waals surface area contributed by atoms with Gasteiger partial charge in [0, 0.05) is 18.4 Å². The summed E-state index contributed by atoms with van der Waals surface area (Å²) in [7, 11) is 0. The Morgan fingerprint density at radius 3 is 3.09 bits per heavy atom. The van der Waals surface area contributed by atoms with E-state index in [0.29, 0.717) is 6.54 Å². The fourth-order valence-corrected chi connectivity index (χ4v) is 2.66. The molecule has 1 amide bonds. The van der Waals surface area contributed by atoms with E-state index in [-0.39, 0.29) is 5.91 Å². The van der Waals surface area contributed by atoms with E-state index < -0.39 is 0 Å². The van der Waals surface area contributed by atoms with Crippen LogP contribution in [0.25, 0.3) is 6.08 Å². The number of nitrogens with one attached hydrogen (secondary N) is 1. The van der Waals surface area contributed by atoms with Crippen molar-refractivity contribution in [3.63, 3.8) is 0 Å². The second-order valence-electron chi connectivity index (χ2n) is 5.34. The van der Waals surface area contributed by atoms with Gasteiger partial charge in [-0.1, -0.05) is 18.2 Å². The van der Waals surface area contributed by atoms with E-state index in [1.54, 1.807) is 18.4 Å². The van der Waals surface area contributed by atoms with Crippen LogP contribution < -0.4 is 10.3 Å². The van der Waals surface area contributed by atoms with Crippen LogP contribution in [0.2, 0.25) is 0 Å². The maximum absolute atomic E-state index is 12.0. The van der Waals surface area contributed by atoms with E-state index in [4.69, 9.17) is 4.42 Å². The van der Waals surface area contributed by atoms with Crippen molar-refractivity contribution in [1.29, 1.82) is 0 Å². The Hall–Kier alpha value is -2.82. The number of hydrazone groups is 1. The third-order valence-corrected chi connectivity index (χ3v) is 3.69. The van der Waals surface area contributed by atoms with Crippen molar-refractivity contribution in [3.05, 3.63) is 60.1 Å². The van der Waals surface area contributed by atoms with Gasteiger partial charge in [0.1, 0.15) is 5.76 Å². The molecule has 0 saturated heterocycles. The lowest BCUT2D eigenvalue weighted by molar-refractivity contribution is -0.119. The number of benzene rings is 1. The molecule has 118 valence electrons. The van der Waals surface area contributed by atoms with E-state index in [2.05, 4.69) is 27.6 Å². The molecule has 23 heavy (non-hydrogen) atoms. The number of para-hydroxylation sites is 1. The third kappa shape index (κ3) is 4.10. The van der Waals surface area contributed by atoms with Gasteiger partial charge in [-0.2, -0.15) is 5.10 Å². The summed E-state index contributed by atoms with van der Waals surface area (Å²) >= 11 is 0. The monoisotopic (exact) mass is 309 g/mol. The molecule has 1 aliphatic rings. The molecular formula is C18H19N3O2. The Morgan fingerprint density at radius 1 is 1.30 bits per heavy atom. The molecule has 1 N–H and O–H groups in total. The van der Waals surface area contributed by atoms with Gasteiger partial charge < -0.3 is 9.32 Å². The van der Waals surface area contributed by atoms with Crippen LogP contribution in [0.15, 0.2) is 58.3 Å². The smallest absolute Gasteiger partial charge is 0.259 e. The van der Waals surface area contributed by atoms with Crippen molar-refractivity contribution >= 4 is 23.9 Å². The Balaban J connectivity index is 1.50. The zero-order valence-electron chi connectivity index (χ0n) is 12.8. The summed E-state index contributed by atoms with van der Waals surface area (Å²) in [5.41, 5.74) is 5.00. The van der Waals surface area contributed by atoms with Gasteiger partial charge in [-0.15, -0.1) is 0 Å². The minimum Gasteiger partial charge on any atom is -0.465 e. The number of allylic oxidation sites excluding steroid dienone is 1. The summed E-state index contributed by atoms with van der Waals surface area (Å²) < 4.78 is 5.15. The summed E-state index contributed by atoms with van der Waals surface area (Å²) in [5, 5.41) is 3.91. The molecule has 0 aliphatic carbocycles. The number of amides is 1. The van der Waals surface area contributed by atoms with Gasteiger partial charge >= 0.3 is 0 Å². The van der Waals surface area contributed by atoms with E-state index in [0.717, 1.165) is 30.8 Å². The number of anilines is 1. The van der Waals surface area contributed by atoms with Gasteiger partial charge in [0.05, 0.1) is 12.8 Å². The lowest BCUT2D eigenvalue weighted by Gasteiger charge is -2.30. The van der Waals surface area contributed by atoms with E-state index in [1.807, 2.05) is 24.3 Å². The molecule has 0 spiro atoms. The van der Waals surface area contributed by atoms with Gasteiger partial charge in [-0.3, -0.25) is 4.79 Å². The molecule has 2 aromatic rings. The van der Waals surface area contributed by atoms with Gasteiger partial charge in [-0.05, 0) is 48.8 Å². The third-order valence-electron chi connectivity index (χ3n) is 3.69. The van der Waals surface area contributed by atoms with Crippen molar-refractivity contribution in [2.75, 3.05) is 18.0 Å². The summed E-state index contributed by atoms with van der Waals surface area (Å²) in [6.45, 7) is 1.21.